The Hall–Kier alpha value is 1.81. The number of hydrogen-bond donors (Lipinski definition) is 0. The second-order valence-corrected chi connectivity index (χ2v) is 11.4. The molecule has 0 heterocycles. The van der Waals surface area contributed by atoms with Crippen molar-refractivity contribution in [1.29, 1.82) is 0 Å². The van der Waals surface area contributed by atoms with Crippen molar-refractivity contribution in [2.24, 2.45) is 0 Å². The van der Waals surface area contributed by atoms with Gasteiger partial charge in [0.05, 0.1) is 11.2 Å². The Balaban J connectivity index is -0.000000232. The summed E-state index contributed by atoms with van der Waals surface area (Å²) in [5.41, 5.74) is 0. The Bertz CT molecular complexity index is 615. The molecule has 0 aliphatic rings. The third kappa shape index (κ3) is 41.9. The molecule has 0 aromatic rings. The molecule has 0 aromatic heterocycles. The first-order chi connectivity index (χ1) is 17.7. The maximum Gasteiger partial charge on any atom is 1.00 e. The number of carboxylic acids is 2. The van der Waals surface area contributed by atoms with Gasteiger partial charge >= 0.3 is 88.7 Å². The predicted molar refractivity (Wildman–Crippen MR) is 143 cm³/mol. The Morgan fingerprint density at radius 3 is 1.05 bits per heavy atom. The Kier molecular flexibility index (Phi) is 49.9. The van der Waals surface area contributed by atoms with Crippen LogP contribution in [0, 0.1) is 0 Å². The van der Waals surface area contributed by atoms with Gasteiger partial charge in [0.15, 0.2) is 0 Å². The Labute approximate surface area is 311 Å². The van der Waals surface area contributed by atoms with Crippen molar-refractivity contribution in [1.82, 2.24) is 0 Å². The molecule has 0 amide bonds. The minimum atomic E-state index is -5.19. The zero-order chi connectivity index (χ0) is 28.2. The summed E-state index contributed by atoms with van der Waals surface area (Å²) in [4.78, 5) is 19.7. The summed E-state index contributed by atoms with van der Waals surface area (Å²) in [7, 11) is -5.19. The van der Waals surface area contributed by atoms with Crippen molar-refractivity contribution in [3.63, 3.8) is 0 Å². The molecule has 1 unspecified atom stereocenters. The molecule has 0 radical (unpaired) electrons. The molecule has 0 saturated carbocycles. The molecule has 40 heavy (non-hydrogen) atoms. The fourth-order valence-corrected chi connectivity index (χ4v) is 4.52. The van der Waals surface area contributed by atoms with Crippen LogP contribution in [0.2, 0.25) is 0 Å². The molecular weight excluding hydrogens is 565 g/mol. The monoisotopic (exact) mass is 618 g/mol. The summed E-state index contributed by atoms with van der Waals surface area (Å²) < 4.78 is 35.9. The normalized spacial score (nSPS) is 11.2. The summed E-state index contributed by atoms with van der Waals surface area (Å²) in [5, 5.41) is 17.1. The van der Waals surface area contributed by atoms with Crippen LogP contribution in [0.5, 0.6) is 0 Å². The summed E-state index contributed by atoms with van der Waals surface area (Å²) in [6, 6.07) is 0. The number of ether oxygens (including phenoxy) is 1. The van der Waals surface area contributed by atoms with Crippen LogP contribution < -0.4 is 98.9 Å². The quantitative estimate of drug-likeness (QED) is 0.0537. The van der Waals surface area contributed by atoms with Crippen molar-refractivity contribution < 1.29 is 126 Å². The van der Waals surface area contributed by atoms with E-state index < -0.39 is 33.7 Å². The van der Waals surface area contributed by atoms with Crippen LogP contribution in [0.3, 0.4) is 0 Å². The van der Waals surface area contributed by atoms with Crippen LogP contribution in [-0.4, -0.2) is 43.4 Å². The van der Waals surface area contributed by atoms with Crippen molar-refractivity contribution >= 4 is 22.1 Å². The molecule has 0 rings (SSSR count). The van der Waals surface area contributed by atoms with E-state index in [9.17, 15) is 32.8 Å². The molecule has 0 N–H and O–H groups in total. The second kappa shape index (κ2) is 38.8. The van der Waals surface area contributed by atoms with E-state index in [1.165, 1.54) is 128 Å². The SMILES string of the molecule is CCCCCCCCCCCCOCCCCCCCCCCCC.O=C([O-])CC(C(=O)[O-])S(=O)(=O)[O-].[Na+].[Na+].[Na+]. The summed E-state index contributed by atoms with van der Waals surface area (Å²) >= 11 is 0. The number of hydrogen-bond acceptors (Lipinski definition) is 8. The van der Waals surface area contributed by atoms with E-state index in [2.05, 4.69) is 13.8 Å². The van der Waals surface area contributed by atoms with Gasteiger partial charge in [-0.05, 0) is 12.8 Å². The number of carbonyl (C=O) groups is 2. The summed E-state index contributed by atoms with van der Waals surface area (Å²) in [5.74, 6) is -4.18. The molecule has 222 valence electrons. The molecule has 0 fully saturated rings. The molecular formula is C28H53Na3O8S. The van der Waals surface area contributed by atoms with Crippen molar-refractivity contribution in [2.75, 3.05) is 13.2 Å². The van der Waals surface area contributed by atoms with Crippen LogP contribution in [0.15, 0.2) is 0 Å². The van der Waals surface area contributed by atoms with Gasteiger partial charge in [0.1, 0.15) is 10.1 Å². The molecule has 0 bridgehead atoms. The standard InChI is InChI=1S/C24H50O.C4H6O7S.3Na/c1-3-5-7-9-11-13-15-17-19-21-23-25-24-22-20-18-16-14-12-10-8-6-4-2;5-3(6)1-2(4(7)8)12(9,10)11;;;/h3-24H2,1-2H3;2H,1H2,(H,5,6)(H,7,8)(H,9,10,11);;;/q;;3*+1/p-3. The third-order valence-electron chi connectivity index (χ3n) is 6.25. The number of rotatable bonds is 26. The van der Waals surface area contributed by atoms with E-state index in [1.54, 1.807) is 0 Å². The number of unbranched alkanes of at least 4 members (excludes halogenated alkanes) is 18. The molecule has 1 atom stereocenters. The maximum atomic E-state index is 10.0. The van der Waals surface area contributed by atoms with E-state index in [0.29, 0.717) is 0 Å². The first kappa shape index (κ1) is 51.4. The molecule has 0 aromatic carbocycles. The summed E-state index contributed by atoms with van der Waals surface area (Å²) in [6.45, 7) is 6.57. The van der Waals surface area contributed by atoms with Gasteiger partial charge < -0.3 is 29.1 Å². The largest absolute Gasteiger partial charge is 1.00 e. The summed E-state index contributed by atoms with van der Waals surface area (Å²) in [6.07, 6.45) is 26.8. The Morgan fingerprint density at radius 2 is 0.850 bits per heavy atom. The molecule has 0 spiro atoms. The van der Waals surface area contributed by atoms with Gasteiger partial charge in [-0.25, -0.2) is 8.42 Å². The van der Waals surface area contributed by atoms with Gasteiger partial charge in [-0.15, -0.1) is 0 Å². The van der Waals surface area contributed by atoms with E-state index in [0.717, 1.165) is 13.2 Å². The fourth-order valence-electron chi connectivity index (χ4n) is 3.94. The fraction of sp³-hybridized carbons (Fsp3) is 0.929. The zero-order valence-corrected chi connectivity index (χ0v) is 33.3. The van der Waals surface area contributed by atoms with E-state index in [-0.39, 0.29) is 88.7 Å². The minimum Gasteiger partial charge on any atom is -0.747 e. The number of aliphatic carboxylic acids is 2. The predicted octanol–water partition coefficient (Wildman–Crippen LogP) is -4.35. The Morgan fingerprint density at radius 1 is 0.575 bits per heavy atom. The molecule has 0 aliphatic heterocycles. The van der Waals surface area contributed by atoms with Crippen molar-refractivity contribution in [3.05, 3.63) is 0 Å². The van der Waals surface area contributed by atoms with Gasteiger partial charge in [0.2, 0.25) is 0 Å². The van der Waals surface area contributed by atoms with Gasteiger partial charge in [0, 0.05) is 25.6 Å². The van der Waals surface area contributed by atoms with E-state index in [4.69, 9.17) is 4.74 Å². The topological polar surface area (TPSA) is 147 Å². The first-order valence-corrected chi connectivity index (χ1v) is 16.1. The van der Waals surface area contributed by atoms with Gasteiger partial charge in [-0.3, -0.25) is 0 Å². The van der Waals surface area contributed by atoms with Gasteiger partial charge in [-0.2, -0.15) is 0 Å². The van der Waals surface area contributed by atoms with Crippen LogP contribution in [0.4, 0.5) is 0 Å². The number of carboxylic acid groups (broad SMARTS) is 2. The van der Waals surface area contributed by atoms with Crippen molar-refractivity contribution in [3.8, 4) is 0 Å². The smallest absolute Gasteiger partial charge is 0.747 e. The molecule has 12 heteroatoms. The first-order valence-electron chi connectivity index (χ1n) is 14.6. The number of carbonyl (C=O) groups excluding carboxylic acids is 2. The van der Waals surface area contributed by atoms with Crippen LogP contribution >= 0.6 is 0 Å². The molecule has 0 aliphatic carbocycles. The molecule has 8 nitrogen and oxygen atoms in total. The van der Waals surface area contributed by atoms with E-state index in [1.807, 2.05) is 0 Å². The van der Waals surface area contributed by atoms with Gasteiger partial charge in [-0.1, -0.05) is 129 Å². The van der Waals surface area contributed by atoms with Crippen LogP contribution in [0.25, 0.3) is 0 Å². The van der Waals surface area contributed by atoms with Gasteiger partial charge in [0.25, 0.3) is 0 Å². The average molecular weight is 619 g/mol. The van der Waals surface area contributed by atoms with Crippen LogP contribution in [-0.2, 0) is 24.4 Å². The minimum absolute atomic E-state index is 0. The van der Waals surface area contributed by atoms with E-state index >= 15 is 0 Å². The molecule has 0 saturated heterocycles. The third-order valence-corrected chi connectivity index (χ3v) is 7.30. The average Bonchev–Trinajstić information content (AvgIpc) is 2.83. The second-order valence-electron chi connectivity index (χ2n) is 9.85. The van der Waals surface area contributed by atoms with Crippen LogP contribution in [0.1, 0.15) is 149 Å². The maximum absolute atomic E-state index is 10.0. The zero-order valence-electron chi connectivity index (χ0n) is 26.5. The van der Waals surface area contributed by atoms with Crippen molar-refractivity contribution in [2.45, 2.75) is 154 Å².